The van der Waals surface area contributed by atoms with E-state index in [0.717, 1.165) is 0 Å². The van der Waals surface area contributed by atoms with Crippen molar-refractivity contribution in [3.63, 3.8) is 0 Å². The molecule has 0 bridgehead atoms. The maximum atomic E-state index is 5.87. The summed E-state index contributed by atoms with van der Waals surface area (Å²) in [5.41, 5.74) is 6.54. The highest BCUT2D eigenvalue weighted by Crippen LogP contribution is 2.28. The number of hydrogen-bond acceptors (Lipinski definition) is 3. The minimum absolute atomic E-state index is 0.253. The van der Waals surface area contributed by atoms with E-state index in [1.165, 1.54) is 0 Å². The third-order valence-electron chi connectivity index (χ3n) is 1.63. The molecular formula is C8H6Cl2N2O. The van der Waals surface area contributed by atoms with Gasteiger partial charge in [0, 0.05) is 5.02 Å². The normalized spacial score (nSPS) is 11.0. The fraction of sp³-hybridized carbons (Fsp3) is 0.125. The second-order valence-electron chi connectivity index (χ2n) is 2.55. The van der Waals surface area contributed by atoms with Crippen molar-refractivity contribution in [2.24, 2.45) is 5.73 Å². The fourth-order valence-electron chi connectivity index (χ4n) is 1.09. The summed E-state index contributed by atoms with van der Waals surface area (Å²) in [6.45, 7) is 0.253. The average Bonchev–Trinajstić information content (AvgIpc) is 2.47. The molecule has 0 aliphatic heterocycles. The first kappa shape index (κ1) is 8.81. The quantitative estimate of drug-likeness (QED) is 0.798. The number of halogens is 2. The zero-order chi connectivity index (χ0) is 9.42. The highest BCUT2D eigenvalue weighted by Gasteiger charge is 2.08. The van der Waals surface area contributed by atoms with Gasteiger partial charge in [0.15, 0.2) is 5.58 Å². The van der Waals surface area contributed by atoms with Gasteiger partial charge in [0.1, 0.15) is 5.52 Å². The summed E-state index contributed by atoms with van der Waals surface area (Å²) in [6, 6.07) is 3.29. The number of hydrogen-bond donors (Lipinski definition) is 1. The van der Waals surface area contributed by atoms with Gasteiger partial charge in [-0.3, -0.25) is 0 Å². The molecule has 3 nitrogen and oxygen atoms in total. The van der Waals surface area contributed by atoms with Crippen LogP contribution in [0.15, 0.2) is 16.5 Å². The third-order valence-corrected chi connectivity index (χ3v) is 2.13. The van der Waals surface area contributed by atoms with Crippen LogP contribution in [0.3, 0.4) is 0 Å². The van der Waals surface area contributed by atoms with Crippen LogP contribution in [-0.4, -0.2) is 4.98 Å². The first-order valence-corrected chi connectivity index (χ1v) is 4.41. The lowest BCUT2D eigenvalue weighted by atomic mass is 10.3. The summed E-state index contributed by atoms with van der Waals surface area (Å²) in [5, 5.41) is 0.990. The maximum absolute atomic E-state index is 5.87. The lowest BCUT2D eigenvalue weighted by molar-refractivity contribution is 0.533. The van der Waals surface area contributed by atoms with E-state index in [1.54, 1.807) is 12.1 Å². The van der Waals surface area contributed by atoms with Gasteiger partial charge in [-0.05, 0) is 12.1 Å². The van der Waals surface area contributed by atoms with Crippen LogP contribution in [-0.2, 0) is 6.54 Å². The topological polar surface area (TPSA) is 52.0 Å². The molecule has 0 fully saturated rings. The van der Waals surface area contributed by atoms with Crippen molar-refractivity contribution >= 4 is 34.3 Å². The molecule has 2 rings (SSSR count). The number of aromatic nitrogens is 1. The van der Waals surface area contributed by atoms with Crippen LogP contribution in [0, 0.1) is 0 Å². The lowest BCUT2D eigenvalue weighted by Gasteiger charge is -1.91. The SMILES string of the molecule is NCc1nc2cc(Cl)cc(Cl)c2o1. The number of benzene rings is 1. The monoisotopic (exact) mass is 216 g/mol. The van der Waals surface area contributed by atoms with E-state index in [-0.39, 0.29) is 6.54 Å². The molecule has 0 radical (unpaired) electrons. The highest BCUT2D eigenvalue weighted by atomic mass is 35.5. The predicted molar refractivity (Wildman–Crippen MR) is 51.9 cm³/mol. The minimum atomic E-state index is 0.253. The van der Waals surface area contributed by atoms with Crippen LogP contribution in [0.1, 0.15) is 5.89 Å². The van der Waals surface area contributed by atoms with Gasteiger partial charge in [-0.2, -0.15) is 0 Å². The minimum Gasteiger partial charge on any atom is -0.438 e. The Balaban J connectivity index is 2.75. The molecule has 1 aromatic carbocycles. The Labute approximate surface area is 84.4 Å². The van der Waals surface area contributed by atoms with Crippen LogP contribution >= 0.6 is 23.2 Å². The van der Waals surface area contributed by atoms with E-state index in [4.69, 9.17) is 33.4 Å². The zero-order valence-electron chi connectivity index (χ0n) is 6.55. The molecule has 0 aliphatic carbocycles. The second kappa shape index (κ2) is 3.18. The smallest absolute Gasteiger partial charge is 0.209 e. The van der Waals surface area contributed by atoms with Crippen molar-refractivity contribution in [3.05, 3.63) is 28.1 Å². The molecule has 0 unspecified atom stereocenters. The molecular weight excluding hydrogens is 211 g/mol. The molecule has 0 amide bonds. The molecule has 68 valence electrons. The van der Waals surface area contributed by atoms with Crippen molar-refractivity contribution < 1.29 is 4.42 Å². The van der Waals surface area contributed by atoms with Crippen molar-refractivity contribution in [3.8, 4) is 0 Å². The average molecular weight is 217 g/mol. The molecule has 13 heavy (non-hydrogen) atoms. The van der Waals surface area contributed by atoms with Crippen molar-refractivity contribution in [2.45, 2.75) is 6.54 Å². The molecule has 0 spiro atoms. The van der Waals surface area contributed by atoms with Gasteiger partial charge in [0.25, 0.3) is 0 Å². The van der Waals surface area contributed by atoms with Gasteiger partial charge in [-0.25, -0.2) is 4.98 Å². The van der Waals surface area contributed by atoms with Crippen molar-refractivity contribution in [1.29, 1.82) is 0 Å². The number of nitrogens with two attached hydrogens (primary N) is 1. The Morgan fingerprint density at radius 2 is 2.15 bits per heavy atom. The molecule has 1 heterocycles. The number of oxazole rings is 1. The van der Waals surface area contributed by atoms with Crippen LogP contribution in [0.2, 0.25) is 10.0 Å². The third kappa shape index (κ3) is 1.50. The van der Waals surface area contributed by atoms with Crippen LogP contribution in [0.25, 0.3) is 11.1 Å². The van der Waals surface area contributed by atoms with E-state index in [0.29, 0.717) is 27.0 Å². The maximum Gasteiger partial charge on any atom is 0.209 e. The van der Waals surface area contributed by atoms with Gasteiger partial charge in [-0.1, -0.05) is 23.2 Å². The largest absolute Gasteiger partial charge is 0.438 e. The summed E-state index contributed by atoms with van der Waals surface area (Å²) in [7, 11) is 0. The first-order chi connectivity index (χ1) is 6.20. The lowest BCUT2D eigenvalue weighted by Crippen LogP contribution is -1.94. The number of rotatable bonds is 1. The van der Waals surface area contributed by atoms with Crippen molar-refractivity contribution in [2.75, 3.05) is 0 Å². The number of nitrogens with zero attached hydrogens (tertiary/aromatic N) is 1. The molecule has 2 N–H and O–H groups in total. The van der Waals surface area contributed by atoms with Crippen LogP contribution in [0.4, 0.5) is 0 Å². The van der Waals surface area contributed by atoms with Gasteiger partial charge in [0.05, 0.1) is 11.6 Å². The van der Waals surface area contributed by atoms with E-state index in [2.05, 4.69) is 4.98 Å². The molecule has 0 saturated heterocycles. The molecule has 0 aliphatic rings. The summed E-state index contributed by atoms with van der Waals surface area (Å²) < 4.78 is 5.28. The summed E-state index contributed by atoms with van der Waals surface area (Å²) in [6.07, 6.45) is 0. The van der Waals surface area contributed by atoms with E-state index in [1.807, 2.05) is 0 Å². The zero-order valence-corrected chi connectivity index (χ0v) is 8.06. The molecule has 0 atom stereocenters. The van der Waals surface area contributed by atoms with Gasteiger partial charge >= 0.3 is 0 Å². The summed E-state index contributed by atoms with van der Waals surface area (Å²) in [5.74, 6) is 0.458. The Morgan fingerprint density at radius 1 is 1.38 bits per heavy atom. The Hall–Kier alpha value is -0.770. The second-order valence-corrected chi connectivity index (χ2v) is 3.39. The van der Waals surface area contributed by atoms with E-state index in [9.17, 15) is 0 Å². The molecule has 5 heteroatoms. The van der Waals surface area contributed by atoms with Crippen LogP contribution < -0.4 is 5.73 Å². The van der Waals surface area contributed by atoms with E-state index >= 15 is 0 Å². The Bertz CT molecular complexity index is 453. The molecule has 1 aromatic heterocycles. The predicted octanol–water partition coefficient (Wildman–Crippen LogP) is 2.59. The van der Waals surface area contributed by atoms with Gasteiger partial charge < -0.3 is 10.2 Å². The summed E-state index contributed by atoms with van der Waals surface area (Å²) in [4.78, 5) is 4.09. The first-order valence-electron chi connectivity index (χ1n) is 3.65. The molecule has 2 aromatic rings. The summed E-state index contributed by atoms with van der Waals surface area (Å²) >= 11 is 11.7. The van der Waals surface area contributed by atoms with Gasteiger partial charge in [0.2, 0.25) is 5.89 Å². The van der Waals surface area contributed by atoms with E-state index < -0.39 is 0 Å². The van der Waals surface area contributed by atoms with Crippen LogP contribution in [0.5, 0.6) is 0 Å². The standard InChI is InChI=1S/C8H6Cl2N2O/c9-4-1-5(10)8-6(2-4)12-7(3-11)13-8/h1-2H,3,11H2. The fourth-order valence-corrected chi connectivity index (χ4v) is 1.61. The molecule has 0 saturated carbocycles. The van der Waals surface area contributed by atoms with Gasteiger partial charge in [-0.15, -0.1) is 0 Å². The highest BCUT2D eigenvalue weighted by molar-refractivity contribution is 6.37. The Morgan fingerprint density at radius 3 is 2.85 bits per heavy atom. The number of fused-ring (bicyclic) bond motifs is 1. The Kier molecular flexibility index (Phi) is 2.15. The van der Waals surface area contributed by atoms with Crippen molar-refractivity contribution in [1.82, 2.24) is 4.98 Å².